The number of aromatic amines is 2. The lowest BCUT2D eigenvalue weighted by molar-refractivity contribution is 0.0208. The number of likely N-dealkylation sites (tertiary alicyclic amines) is 2. The van der Waals surface area contributed by atoms with Gasteiger partial charge in [-0.1, -0.05) is 24.3 Å². The van der Waals surface area contributed by atoms with Crippen molar-refractivity contribution in [2.75, 3.05) is 13.1 Å². The SMILES string of the molecule is CC(C)(C)OC(=O)N1CCC[C@H]1c1nc2ccc(-c3ccc4nc(-c5ccc6nc([C@@H]7CCCN7C(=O)OC(C)(C)C)[nH]c6c5)ccc4c3)cc2[nH]1. The molecule has 0 saturated carbocycles. The highest BCUT2D eigenvalue weighted by Crippen LogP contribution is 2.36. The van der Waals surface area contributed by atoms with Gasteiger partial charge in [-0.25, -0.2) is 24.5 Å². The van der Waals surface area contributed by atoms with Crippen LogP contribution in [0.25, 0.3) is 55.4 Å². The Morgan fingerprint density at radius 3 is 1.63 bits per heavy atom. The van der Waals surface area contributed by atoms with Crippen molar-refractivity contribution in [1.29, 1.82) is 0 Å². The molecule has 2 amide bonds. The van der Waals surface area contributed by atoms with Crippen molar-refractivity contribution < 1.29 is 19.1 Å². The number of nitrogens with zero attached hydrogens (tertiary/aromatic N) is 5. The number of aromatic nitrogens is 5. The van der Waals surface area contributed by atoms with E-state index in [9.17, 15) is 9.59 Å². The maximum absolute atomic E-state index is 12.9. The highest BCUT2D eigenvalue weighted by atomic mass is 16.6. The summed E-state index contributed by atoms with van der Waals surface area (Å²) in [6, 6.07) is 22.6. The maximum atomic E-state index is 12.9. The highest BCUT2D eigenvalue weighted by molar-refractivity contribution is 5.90. The molecule has 0 spiro atoms. The molecule has 0 unspecified atom stereocenters. The second kappa shape index (κ2) is 12.6. The number of carbonyl (C=O) groups excluding carboxylic acids is 2. The maximum Gasteiger partial charge on any atom is 0.410 e. The van der Waals surface area contributed by atoms with Crippen molar-refractivity contribution in [2.24, 2.45) is 0 Å². The van der Waals surface area contributed by atoms with Gasteiger partial charge in [-0.2, -0.15) is 0 Å². The number of nitrogens with one attached hydrogen (secondary N) is 2. The van der Waals surface area contributed by atoms with E-state index in [-0.39, 0.29) is 24.3 Å². The number of ether oxygens (including phenoxy) is 2. The van der Waals surface area contributed by atoms with Gasteiger partial charge in [-0.15, -0.1) is 0 Å². The van der Waals surface area contributed by atoms with E-state index in [2.05, 4.69) is 52.4 Å². The van der Waals surface area contributed by atoms with Crippen LogP contribution in [0.1, 0.15) is 91.0 Å². The van der Waals surface area contributed by atoms with Crippen LogP contribution in [-0.2, 0) is 9.47 Å². The predicted molar refractivity (Wildman–Crippen MR) is 202 cm³/mol. The highest BCUT2D eigenvalue weighted by Gasteiger charge is 2.36. The molecule has 11 nitrogen and oxygen atoms in total. The van der Waals surface area contributed by atoms with Crippen LogP contribution in [-0.4, -0.2) is 71.2 Å². The standard InChI is InChI=1S/C41H45N7O4/c1-40(2,3)51-38(49)47-19-7-9-34(47)36-43-30-17-12-25(22-32(30)45-36)24-11-15-28-26(21-24)13-16-29(42-28)27-14-18-31-33(23-27)46-37(44-31)35-10-8-20-48(35)39(50)52-41(4,5)6/h11-18,21-23,34-35H,7-10,19-20H2,1-6H3,(H,43,45)(H,44,46)/t34-,35-/m0/s1. The van der Waals surface area contributed by atoms with Crippen molar-refractivity contribution in [1.82, 2.24) is 34.7 Å². The summed E-state index contributed by atoms with van der Waals surface area (Å²) < 4.78 is 11.3. The fourth-order valence-electron chi connectivity index (χ4n) is 7.36. The number of amides is 2. The predicted octanol–water partition coefficient (Wildman–Crippen LogP) is 9.47. The van der Waals surface area contributed by atoms with Crippen molar-refractivity contribution in [3.8, 4) is 22.4 Å². The van der Waals surface area contributed by atoms with Gasteiger partial charge >= 0.3 is 12.2 Å². The fourth-order valence-corrected chi connectivity index (χ4v) is 7.36. The second-order valence-electron chi connectivity index (χ2n) is 16.0. The van der Waals surface area contributed by atoms with Crippen molar-refractivity contribution in [2.45, 2.75) is 90.5 Å². The number of rotatable bonds is 4. The topological polar surface area (TPSA) is 129 Å². The number of H-pyrrole nitrogens is 2. The smallest absolute Gasteiger partial charge is 0.410 e. The lowest BCUT2D eigenvalue weighted by atomic mass is 10.0. The molecule has 2 aliphatic rings. The molecule has 0 bridgehead atoms. The molecule has 2 N–H and O–H groups in total. The average Bonchev–Trinajstić information content (AvgIpc) is 3.90. The number of hydrogen-bond donors (Lipinski definition) is 2. The van der Waals surface area contributed by atoms with Crippen LogP contribution in [0.3, 0.4) is 0 Å². The van der Waals surface area contributed by atoms with Crippen LogP contribution >= 0.6 is 0 Å². The number of hydrogen-bond acceptors (Lipinski definition) is 7. The first-order chi connectivity index (χ1) is 24.8. The minimum Gasteiger partial charge on any atom is -0.444 e. The van der Waals surface area contributed by atoms with Gasteiger partial charge in [0.1, 0.15) is 22.9 Å². The van der Waals surface area contributed by atoms with Crippen LogP contribution in [0, 0.1) is 0 Å². The van der Waals surface area contributed by atoms with Crippen LogP contribution in [0.4, 0.5) is 9.59 Å². The Morgan fingerprint density at radius 2 is 1.10 bits per heavy atom. The van der Waals surface area contributed by atoms with E-state index in [1.165, 1.54) is 0 Å². The number of carbonyl (C=O) groups is 2. The van der Waals surface area contributed by atoms with Crippen molar-refractivity contribution in [3.63, 3.8) is 0 Å². The lowest BCUT2D eigenvalue weighted by Crippen LogP contribution is -2.36. The number of benzene rings is 3. The van der Waals surface area contributed by atoms with Crippen LogP contribution in [0.2, 0.25) is 0 Å². The van der Waals surface area contributed by atoms with E-state index in [0.717, 1.165) is 92.7 Å². The summed E-state index contributed by atoms with van der Waals surface area (Å²) in [5, 5.41) is 1.04. The monoisotopic (exact) mass is 699 g/mol. The zero-order chi connectivity index (χ0) is 36.4. The molecule has 2 atom stereocenters. The molecule has 3 aromatic carbocycles. The van der Waals surface area contributed by atoms with E-state index in [0.29, 0.717) is 13.1 Å². The van der Waals surface area contributed by atoms with Gasteiger partial charge in [0.15, 0.2) is 0 Å². The Morgan fingerprint density at radius 1 is 0.615 bits per heavy atom. The minimum atomic E-state index is -0.551. The van der Waals surface area contributed by atoms with E-state index >= 15 is 0 Å². The van der Waals surface area contributed by atoms with Crippen molar-refractivity contribution >= 4 is 45.2 Å². The molecule has 6 aromatic rings. The minimum absolute atomic E-state index is 0.135. The molecule has 0 radical (unpaired) electrons. The quantitative estimate of drug-likeness (QED) is 0.188. The largest absolute Gasteiger partial charge is 0.444 e. The molecule has 8 rings (SSSR count). The molecule has 3 aromatic heterocycles. The van der Waals surface area contributed by atoms with Gasteiger partial charge in [0.05, 0.1) is 45.4 Å². The summed E-state index contributed by atoms with van der Waals surface area (Å²) in [4.78, 5) is 51.1. The molecule has 268 valence electrons. The summed E-state index contributed by atoms with van der Waals surface area (Å²) in [5.74, 6) is 1.57. The lowest BCUT2D eigenvalue weighted by Gasteiger charge is -2.27. The molecular weight excluding hydrogens is 654 g/mol. The summed E-state index contributed by atoms with van der Waals surface area (Å²) in [7, 11) is 0. The molecule has 2 fully saturated rings. The molecule has 0 aliphatic carbocycles. The zero-order valence-corrected chi connectivity index (χ0v) is 30.6. The zero-order valence-electron chi connectivity index (χ0n) is 30.6. The van der Waals surface area contributed by atoms with Gasteiger partial charge in [-0.05, 0) is 121 Å². The normalized spacial score (nSPS) is 18.2. The molecule has 11 heteroatoms. The summed E-state index contributed by atoms with van der Waals surface area (Å²) >= 11 is 0. The van der Waals surface area contributed by atoms with Crippen LogP contribution < -0.4 is 0 Å². The van der Waals surface area contributed by atoms with E-state index in [4.69, 9.17) is 24.4 Å². The Kier molecular flexibility index (Phi) is 8.19. The molecule has 5 heterocycles. The van der Waals surface area contributed by atoms with Gasteiger partial charge in [0.25, 0.3) is 0 Å². The number of imidazole rings is 2. The molecular formula is C41H45N7O4. The molecule has 52 heavy (non-hydrogen) atoms. The molecule has 2 aliphatic heterocycles. The fraction of sp³-hybridized carbons (Fsp3) is 0.390. The van der Waals surface area contributed by atoms with E-state index in [1.807, 2.05) is 65.8 Å². The number of pyridine rings is 1. The van der Waals surface area contributed by atoms with E-state index in [1.54, 1.807) is 9.80 Å². The Balaban J connectivity index is 1.01. The average molecular weight is 700 g/mol. The van der Waals surface area contributed by atoms with Gasteiger partial charge in [-0.3, -0.25) is 9.80 Å². The van der Waals surface area contributed by atoms with Crippen LogP contribution in [0.5, 0.6) is 0 Å². The Hall–Kier alpha value is -5.45. The third-order valence-corrected chi connectivity index (χ3v) is 9.71. The van der Waals surface area contributed by atoms with Gasteiger partial charge in [0.2, 0.25) is 0 Å². The summed E-state index contributed by atoms with van der Waals surface area (Å²) in [6.07, 6.45) is 2.90. The third kappa shape index (κ3) is 6.67. The van der Waals surface area contributed by atoms with Crippen molar-refractivity contribution in [3.05, 3.63) is 78.4 Å². The first-order valence-electron chi connectivity index (χ1n) is 18.2. The first-order valence-corrected chi connectivity index (χ1v) is 18.2. The second-order valence-corrected chi connectivity index (χ2v) is 16.0. The van der Waals surface area contributed by atoms with Crippen LogP contribution in [0.15, 0.2) is 66.7 Å². The third-order valence-electron chi connectivity index (χ3n) is 9.71. The first kappa shape index (κ1) is 33.7. The molecule has 2 saturated heterocycles. The number of fused-ring (bicyclic) bond motifs is 3. The summed E-state index contributed by atoms with van der Waals surface area (Å²) in [6.45, 7) is 12.6. The Labute approximate surface area is 302 Å². The summed E-state index contributed by atoms with van der Waals surface area (Å²) in [5.41, 5.74) is 7.36. The Bertz CT molecular complexity index is 2170. The van der Waals surface area contributed by atoms with Gasteiger partial charge in [0, 0.05) is 24.0 Å². The van der Waals surface area contributed by atoms with Gasteiger partial charge < -0.3 is 19.4 Å². The van der Waals surface area contributed by atoms with E-state index < -0.39 is 11.2 Å².